The average molecular weight is 260 g/mol. The van der Waals surface area contributed by atoms with Gasteiger partial charge in [0.25, 0.3) is 0 Å². The summed E-state index contributed by atoms with van der Waals surface area (Å²) in [5.74, 6) is -3.93. The second-order valence-electron chi connectivity index (χ2n) is 2.58. The Kier molecular flexibility index (Phi) is 11.6. The van der Waals surface area contributed by atoms with Crippen molar-refractivity contribution in [2.24, 2.45) is 0 Å². The number of hydrogen-bond donors (Lipinski definition) is 3. The Hall–Kier alpha value is -0.645. The van der Waals surface area contributed by atoms with Gasteiger partial charge in [0.1, 0.15) is 19.8 Å². The van der Waals surface area contributed by atoms with Gasteiger partial charge < -0.3 is 29.3 Å². The molecule has 0 aliphatic carbocycles. The molecule has 0 saturated carbocycles. The van der Waals surface area contributed by atoms with Crippen LogP contribution in [0.3, 0.4) is 0 Å². The minimum absolute atomic E-state index is 0. The Morgan fingerprint density at radius 2 is 1.00 bits per heavy atom. The SMILES string of the molecule is O=C(O)CO[BH-](OCC(=O)O)OCC(=O)O.[Na+]. The molecular weight excluding hydrogens is 250 g/mol. The molecule has 0 amide bonds. The van der Waals surface area contributed by atoms with Gasteiger partial charge in [-0.05, 0) is 0 Å². The molecule has 17 heavy (non-hydrogen) atoms. The van der Waals surface area contributed by atoms with E-state index < -0.39 is 45.0 Å². The zero-order chi connectivity index (χ0) is 12.6. The quantitative estimate of drug-likeness (QED) is 0.347. The van der Waals surface area contributed by atoms with Gasteiger partial charge in [0.2, 0.25) is 0 Å². The molecule has 0 atom stereocenters. The zero-order valence-electron chi connectivity index (χ0n) is 9.12. The smallest absolute Gasteiger partial charge is 0.539 e. The van der Waals surface area contributed by atoms with Crippen molar-refractivity contribution >= 4 is 25.2 Å². The predicted octanol–water partition coefficient (Wildman–Crippen LogP) is -4.99. The number of rotatable bonds is 9. The Balaban J connectivity index is 0. The van der Waals surface area contributed by atoms with Crippen LogP contribution in [0.1, 0.15) is 0 Å². The normalized spacial score (nSPS) is 9.71. The van der Waals surface area contributed by atoms with E-state index in [1.807, 2.05) is 0 Å². The molecule has 9 nitrogen and oxygen atoms in total. The molecule has 0 aliphatic heterocycles. The maximum atomic E-state index is 10.1. The van der Waals surface area contributed by atoms with Crippen molar-refractivity contribution in [2.45, 2.75) is 0 Å². The van der Waals surface area contributed by atoms with Gasteiger partial charge in [0.15, 0.2) is 0 Å². The zero-order valence-corrected chi connectivity index (χ0v) is 11.1. The predicted molar refractivity (Wildman–Crippen MR) is 47.9 cm³/mol. The van der Waals surface area contributed by atoms with Crippen molar-refractivity contribution < 1.29 is 73.2 Å². The van der Waals surface area contributed by atoms with E-state index in [9.17, 15) is 14.4 Å². The van der Waals surface area contributed by atoms with Crippen molar-refractivity contribution in [3.05, 3.63) is 0 Å². The van der Waals surface area contributed by atoms with Gasteiger partial charge in [-0.1, -0.05) is 0 Å². The second kappa shape index (κ2) is 10.5. The van der Waals surface area contributed by atoms with Crippen LogP contribution in [-0.4, -0.2) is 60.4 Å². The van der Waals surface area contributed by atoms with Gasteiger partial charge in [0, 0.05) is 0 Å². The summed E-state index contributed by atoms with van der Waals surface area (Å²) in [5, 5.41) is 24.8. The molecule has 0 fully saturated rings. The van der Waals surface area contributed by atoms with E-state index in [1.54, 1.807) is 0 Å². The summed E-state index contributed by atoms with van der Waals surface area (Å²) in [6.45, 7) is -2.29. The van der Waals surface area contributed by atoms with E-state index in [0.717, 1.165) is 0 Å². The van der Waals surface area contributed by atoms with Gasteiger partial charge in [0.05, 0.1) is 0 Å². The summed E-state index contributed by atoms with van der Waals surface area (Å²) in [6.07, 6.45) is 0. The standard InChI is InChI=1S/C6H10BO9.Na/c8-4(9)1-14-7(15-2-5(10)11)16-3-6(12)13;/h7H,1-3H2,(H,8,9)(H,10,11)(H,12,13);/q-1;+1. The van der Waals surface area contributed by atoms with Crippen molar-refractivity contribution in [1.82, 2.24) is 0 Å². The van der Waals surface area contributed by atoms with Crippen LogP contribution in [-0.2, 0) is 28.3 Å². The molecule has 11 heteroatoms. The third-order valence-corrected chi connectivity index (χ3v) is 1.18. The summed E-state index contributed by atoms with van der Waals surface area (Å²) in [5.41, 5.74) is 0. The molecule has 0 bridgehead atoms. The Morgan fingerprint density at radius 1 is 0.765 bits per heavy atom. The van der Waals surface area contributed by atoms with E-state index in [-0.39, 0.29) is 29.6 Å². The summed E-state index contributed by atoms with van der Waals surface area (Å²) in [7, 11) is -2.49. The van der Waals surface area contributed by atoms with Crippen LogP contribution in [0.25, 0.3) is 0 Å². The van der Waals surface area contributed by atoms with Crippen LogP contribution >= 0.6 is 0 Å². The maximum absolute atomic E-state index is 10.1. The fraction of sp³-hybridized carbons (Fsp3) is 0.500. The van der Waals surface area contributed by atoms with E-state index in [0.29, 0.717) is 0 Å². The summed E-state index contributed by atoms with van der Waals surface area (Å²) < 4.78 is 13.6. The molecule has 0 radical (unpaired) electrons. The molecule has 0 aromatic carbocycles. The fourth-order valence-corrected chi connectivity index (χ4v) is 0.689. The summed E-state index contributed by atoms with van der Waals surface area (Å²) in [6, 6.07) is 0. The number of carbonyl (C=O) groups is 3. The van der Waals surface area contributed by atoms with E-state index in [4.69, 9.17) is 15.3 Å². The molecule has 0 aliphatic rings. The first-order valence-corrected chi connectivity index (χ1v) is 4.08. The molecule has 92 valence electrons. The van der Waals surface area contributed by atoms with Crippen LogP contribution in [0, 0.1) is 0 Å². The molecule has 0 unspecified atom stereocenters. The third-order valence-electron chi connectivity index (χ3n) is 1.18. The number of carboxylic acids is 3. The topological polar surface area (TPSA) is 140 Å². The van der Waals surface area contributed by atoms with E-state index in [2.05, 4.69) is 14.0 Å². The van der Waals surface area contributed by atoms with Crippen LogP contribution in [0.4, 0.5) is 0 Å². The number of carboxylic acid groups (broad SMARTS) is 3. The fourth-order valence-electron chi connectivity index (χ4n) is 0.689. The number of hydrogen-bond acceptors (Lipinski definition) is 6. The first kappa shape index (κ1) is 18.7. The Bertz CT molecular complexity index is 227. The second-order valence-corrected chi connectivity index (χ2v) is 2.58. The molecule has 0 heterocycles. The third kappa shape index (κ3) is 13.3. The van der Waals surface area contributed by atoms with Gasteiger partial charge in [-0.3, -0.25) is 0 Å². The molecular formula is C6H10BNaO9. The van der Waals surface area contributed by atoms with E-state index in [1.165, 1.54) is 0 Å². The van der Waals surface area contributed by atoms with Crippen molar-refractivity contribution in [2.75, 3.05) is 19.8 Å². The monoisotopic (exact) mass is 260 g/mol. The van der Waals surface area contributed by atoms with Crippen molar-refractivity contribution in [3.63, 3.8) is 0 Å². The van der Waals surface area contributed by atoms with Crippen LogP contribution in [0.15, 0.2) is 0 Å². The molecule has 0 saturated heterocycles. The maximum Gasteiger partial charge on any atom is 1.00 e. The molecule has 0 rings (SSSR count). The van der Waals surface area contributed by atoms with Gasteiger partial charge in [-0.25, -0.2) is 14.4 Å². The first-order valence-electron chi connectivity index (χ1n) is 4.08. The first-order chi connectivity index (χ1) is 7.41. The van der Waals surface area contributed by atoms with Crippen LogP contribution < -0.4 is 29.6 Å². The molecule has 3 N–H and O–H groups in total. The van der Waals surface area contributed by atoms with Crippen LogP contribution in [0.2, 0.25) is 0 Å². The molecule has 0 aromatic rings. The van der Waals surface area contributed by atoms with Gasteiger partial charge >= 0.3 is 54.8 Å². The van der Waals surface area contributed by atoms with Gasteiger partial charge in [-0.15, -0.1) is 0 Å². The van der Waals surface area contributed by atoms with E-state index >= 15 is 0 Å². The Labute approximate surface area is 118 Å². The molecule has 0 aromatic heterocycles. The average Bonchev–Trinajstić information content (AvgIpc) is 2.15. The summed E-state index contributed by atoms with van der Waals surface area (Å²) >= 11 is 0. The minimum atomic E-state index is -2.49. The van der Waals surface area contributed by atoms with Crippen molar-refractivity contribution in [3.8, 4) is 0 Å². The largest absolute Gasteiger partial charge is 1.00 e. The van der Waals surface area contributed by atoms with Crippen molar-refractivity contribution in [1.29, 1.82) is 0 Å². The number of aliphatic carboxylic acids is 3. The van der Waals surface area contributed by atoms with Gasteiger partial charge in [-0.2, -0.15) is 0 Å². The van der Waals surface area contributed by atoms with Crippen LogP contribution in [0.5, 0.6) is 0 Å². The minimum Gasteiger partial charge on any atom is -0.539 e. The summed E-state index contributed by atoms with van der Waals surface area (Å²) in [4.78, 5) is 30.4. The Morgan fingerprint density at radius 3 is 1.18 bits per heavy atom. The molecule has 0 spiro atoms.